The van der Waals surface area contributed by atoms with Crippen molar-refractivity contribution in [3.05, 3.63) is 64.1 Å². The number of likely N-dealkylation sites (N-methyl/N-ethyl adjacent to an activating group) is 1. The number of anilines is 1. The molecule has 0 aliphatic rings. The van der Waals surface area contributed by atoms with Crippen LogP contribution in [-0.4, -0.2) is 19.6 Å². The molecule has 0 radical (unpaired) electrons. The number of hydrogen-bond acceptors (Lipinski definition) is 4. The molecule has 0 fully saturated rings. The summed E-state index contributed by atoms with van der Waals surface area (Å²) in [5, 5.41) is 9.10. The number of nitrogens with zero attached hydrogens (tertiary/aromatic N) is 2. The highest BCUT2D eigenvalue weighted by atomic mass is 79.9. The van der Waals surface area contributed by atoms with E-state index in [2.05, 4.69) is 22.0 Å². The largest absolute Gasteiger partial charge is 0.467 e. The zero-order valence-corrected chi connectivity index (χ0v) is 14.6. The first-order chi connectivity index (χ1) is 11.1. The molecule has 0 saturated carbocycles. The molecule has 118 valence electrons. The quantitative estimate of drug-likeness (QED) is 0.742. The third-order valence-corrected chi connectivity index (χ3v) is 4.31. The minimum atomic E-state index is -0.588. The van der Waals surface area contributed by atoms with Gasteiger partial charge in [-0.2, -0.15) is 5.26 Å². The molecular weight excluding hydrogens is 356 g/mol. The van der Waals surface area contributed by atoms with Crippen molar-refractivity contribution in [2.24, 2.45) is 0 Å². The number of ether oxygens (including phenoxy) is 1. The number of benzene rings is 2. The highest BCUT2D eigenvalue weighted by molar-refractivity contribution is 9.10. The molecule has 0 bridgehead atoms. The van der Waals surface area contributed by atoms with E-state index >= 15 is 0 Å². The fourth-order valence-electron chi connectivity index (χ4n) is 2.50. The van der Waals surface area contributed by atoms with E-state index in [1.807, 2.05) is 48.2 Å². The molecule has 0 N–H and O–H groups in total. The molecule has 4 nitrogen and oxygen atoms in total. The summed E-state index contributed by atoms with van der Waals surface area (Å²) in [6, 6.07) is 16.3. The third kappa shape index (κ3) is 3.72. The lowest BCUT2D eigenvalue weighted by molar-refractivity contribution is -0.142. The van der Waals surface area contributed by atoms with Crippen molar-refractivity contribution >= 4 is 27.6 Å². The summed E-state index contributed by atoms with van der Waals surface area (Å²) < 4.78 is 5.85. The second-order valence-electron chi connectivity index (χ2n) is 4.90. The predicted octanol–water partition coefficient (Wildman–Crippen LogP) is 4.06. The average molecular weight is 373 g/mol. The molecule has 5 heteroatoms. The van der Waals surface area contributed by atoms with E-state index in [-0.39, 0.29) is 5.97 Å². The minimum Gasteiger partial charge on any atom is -0.467 e. The smallest absolute Gasteiger partial charge is 0.333 e. The molecule has 0 amide bonds. The predicted molar refractivity (Wildman–Crippen MR) is 93.1 cm³/mol. The van der Waals surface area contributed by atoms with E-state index in [1.54, 1.807) is 12.1 Å². The molecule has 2 rings (SSSR count). The van der Waals surface area contributed by atoms with Gasteiger partial charge in [-0.15, -0.1) is 0 Å². The van der Waals surface area contributed by atoms with Crippen molar-refractivity contribution in [1.82, 2.24) is 0 Å². The second-order valence-corrected chi connectivity index (χ2v) is 5.75. The first kappa shape index (κ1) is 17.0. The standard InChI is InChI=1S/C18H17BrN2O2/c1-3-21(14-8-6-7-13(11-14)12-20)17(18(22)23-2)15-9-4-5-10-16(15)19/h4-11,17H,3H2,1-2H3/t17-/m0/s1. The van der Waals surface area contributed by atoms with E-state index in [0.29, 0.717) is 12.1 Å². The maximum Gasteiger partial charge on any atom is 0.333 e. The van der Waals surface area contributed by atoms with Crippen LogP contribution in [0.4, 0.5) is 5.69 Å². The van der Waals surface area contributed by atoms with Gasteiger partial charge < -0.3 is 9.64 Å². The van der Waals surface area contributed by atoms with Crippen LogP contribution < -0.4 is 4.90 Å². The zero-order valence-electron chi connectivity index (χ0n) is 13.0. The van der Waals surface area contributed by atoms with Gasteiger partial charge in [0, 0.05) is 16.7 Å². The minimum absolute atomic E-state index is 0.346. The summed E-state index contributed by atoms with van der Waals surface area (Å²) in [4.78, 5) is 14.4. The van der Waals surface area contributed by atoms with Crippen LogP contribution in [-0.2, 0) is 9.53 Å². The molecular formula is C18H17BrN2O2. The first-order valence-corrected chi connectivity index (χ1v) is 8.00. The second kappa shape index (κ2) is 7.80. The van der Waals surface area contributed by atoms with Crippen LogP contribution >= 0.6 is 15.9 Å². The summed E-state index contributed by atoms with van der Waals surface area (Å²) in [6.45, 7) is 2.56. The normalized spacial score (nSPS) is 11.4. The Morgan fingerprint density at radius 3 is 2.65 bits per heavy atom. The van der Waals surface area contributed by atoms with Gasteiger partial charge in [-0.25, -0.2) is 4.79 Å². The molecule has 0 aliphatic carbocycles. The van der Waals surface area contributed by atoms with E-state index in [0.717, 1.165) is 15.7 Å². The molecule has 2 aromatic carbocycles. The van der Waals surface area contributed by atoms with E-state index in [1.165, 1.54) is 7.11 Å². The Morgan fingerprint density at radius 2 is 2.04 bits per heavy atom. The third-order valence-electron chi connectivity index (χ3n) is 3.58. The van der Waals surface area contributed by atoms with Gasteiger partial charge in [0.25, 0.3) is 0 Å². The summed E-state index contributed by atoms with van der Waals surface area (Å²) in [7, 11) is 1.38. The molecule has 0 saturated heterocycles. The van der Waals surface area contributed by atoms with Gasteiger partial charge in [-0.1, -0.05) is 40.2 Å². The van der Waals surface area contributed by atoms with Crippen LogP contribution in [0.25, 0.3) is 0 Å². The zero-order chi connectivity index (χ0) is 16.8. The number of carbonyl (C=O) groups is 1. The van der Waals surface area contributed by atoms with Gasteiger partial charge in [0.15, 0.2) is 6.04 Å². The Hall–Kier alpha value is -2.32. The highest BCUT2D eigenvalue weighted by Gasteiger charge is 2.29. The van der Waals surface area contributed by atoms with Crippen molar-refractivity contribution in [2.45, 2.75) is 13.0 Å². The number of nitriles is 1. The maximum atomic E-state index is 12.4. The van der Waals surface area contributed by atoms with Crippen molar-refractivity contribution in [3.8, 4) is 6.07 Å². The first-order valence-electron chi connectivity index (χ1n) is 7.21. The lowest BCUT2D eigenvalue weighted by Gasteiger charge is -2.31. The summed E-state index contributed by atoms with van der Waals surface area (Å²) >= 11 is 3.51. The molecule has 1 atom stereocenters. The highest BCUT2D eigenvalue weighted by Crippen LogP contribution is 2.32. The van der Waals surface area contributed by atoms with Gasteiger partial charge in [0.1, 0.15) is 0 Å². The van der Waals surface area contributed by atoms with E-state index in [4.69, 9.17) is 10.00 Å². The SMILES string of the molecule is CCN(c1cccc(C#N)c1)[C@H](C(=O)OC)c1ccccc1Br. The van der Waals surface area contributed by atoms with E-state index < -0.39 is 6.04 Å². The van der Waals surface area contributed by atoms with Crippen LogP contribution in [0.15, 0.2) is 53.0 Å². The molecule has 0 aromatic heterocycles. The van der Waals surface area contributed by atoms with Crippen molar-refractivity contribution < 1.29 is 9.53 Å². The van der Waals surface area contributed by atoms with Crippen LogP contribution in [0.3, 0.4) is 0 Å². The summed E-state index contributed by atoms with van der Waals surface area (Å²) in [5.74, 6) is -0.346. The molecule has 0 aliphatic heterocycles. The Morgan fingerprint density at radius 1 is 1.30 bits per heavy atom. The molecule has 2 aromatic rings. The maximum absolute atomic E-state index is 12.4. The number of rotatable bonds is 5. The summed E-state index contributed by atoms with van der Waals surface area (Å²) in [5.41, 5.74) is 2.18. The lowest BCUT2D eigenvalue weighted by atomic mass is 10.0. The number of halogens is 1. The Labute approximate surface area is 144 Å². The number of carbonyl (C=O) groups excluding carboxylic acids is 1. The van der Waals surface area contributed by atoms with Crippen molar-refractivity contribution in [2.75, 3.05) is 18.6 Å². The van der Waals surface area contributed by atoms with Gasteiger partial charge >= 0.3 is 5.97 Å². The van der Waals surface area contributed by atoms with E-state index in [9.17, 15) is 4.79 Å². The van der Waals surface area contributed by atoms with Crippen LogP contribution in [0.5, 0.6) is 0 Å². The molecule has 0 spiro atoms. The number of methoxy groups -OCH3 is 1. The van der Waals surface area contributed by atoms with Gasteiger partial charge in [-0.3, -0.25) is 0 Å². The Bertz CT molecular complexity index is 740. The molecule has 0 unspecified atom stereocenters. The average Bonchev–Trinajstić information content (AvgIpc) is 2.60. The molecule has 23 heavy (non-hydrogen) atoms. The van der Waals surface area contributed by atoms with Gasteiger partial charge in [0.2, 0.25) is 0 Å². The fraction of sp³-hybridized carbons (Fsp3) is 0.222. The van der Waals surface area contributed by atoms with Crippen LogP contribution in [0, 0.1) is 11.3 Å². The monoisotopic (exact) mass is 372 g/mol. The van der Waals surface area contributed by atoms with Gasteiger partial charge in [0.05, 0.1) is 18.7 Å². The Balaban J connectivity index is 2.54. The van der Waals surface area contributed by atoms with Crippen LogP contribution in [0.2, 0.25) is 0 Å². The van der Waals surface area contributed by atoms with Crippen LogP contribution in [0.1, 0.15) is 24.1 Å². The van der Waals surface area contributed by atoms with Crippen molar-refractivity contribution in [1.29, 1.82) is 5.26 Å². The van der Waals surface area contributed by atoms with Gasteiger partial charge in [-0.05, 0) is 36.8 Å². The van der Waals surface area contributed by atoms with Crippen molar-refractivity contribution in [3.63, 3.8) is 0 Å². The fourth-order valence-corrected chi connectivity index (χ4v) is 3.00. The Kier molecular flexibility index (Phi) is 5.78. The molecule has 0 heterocycles. The topological polar surface area (TPSA) is 53.3 Å². The number of esters is 1. The summed E-state index contributed by atoms with van der Waals surface area (Å²) in [6.07, 6.45) is 0. The lowest BCUT2D eigenvalue weighted by Crippen LogP contribution is -2.35. The number of hydrogen-bond donors (Lipinski definition) is 0.